The quantitative estimate of drug-likeness (QED) is 0.853. The number of nitrogens with zero attached hydrogens (tertiary/aromatic N) is 2. The van der Waals surface area contributed by atoms with Gasteiger partial charge in [0.1, 0.15) is 6.61 Å². The molecule has 4 heteroatoms. The first kappa shape index (κ1) is 12.9. The number of benzene rings is 1. The standard InChI is InChI=1S/C16H17FN2O/c17-15-11-14(19-9-1-2-10-19)3-4-16(15)20-12-13-5-7-18-8-6-13/h3-8,11H,1-2,9-10,12H2. The van der Waals surface area contributed by atoms with Crippen LogP contribution < -0.4 is 9.64 Å². The van der Waals surface area contributed by atoms with Gasteiger partial charge in [0.25, 0.3) is 0 Å². The van der Waals surface area contributed by atoms with Gasteiger partial charge >= 0.3 is 0 Å². The van der Waals surface area contributed by atoms with Crippen molar-refractivity contribution in [1.82, 2.24) is 4.98 Å². The normalized spacial score (nSPS) is 14.6. The van der Waals surface area contributed by atoms with E-state index in [-0.39, 0.29) is 5.82 Å². The maximum Gasteiger partial charge on any atom is 0.167 e. The summed E-state index contributed by atoms with van der Waals surface area (Å²) in [6.45, 7) is 2.37. The summed E-state index contributed by atoms with van der Waals surface area (Å²) in [6, 6.07) is 8.92. The second kappa shape index (κ2) is 5.90. The monoisotopic (exact) mass is 272 g/mol. The van der Waals surface area contributed by atoms with Gasteiger partial charge in [0.15, 0.2) is 11.6 Å². The average Bonchev–Trinajstić information content (AvgIpc) is 3.01. The average molecular weight is 272 g/mol. The molecular formula is C16H17FN2O. The Kier molecular flexibility index (Phi) is 3.81. The van der Waals surface area contributed by atoms with Gasteiger partial charge in [-0.15, -0.1) is 0 Å². The molecule has 0 amide bonds. The Labute approximate surface area is 118 Å². The lowest BCUT2D eigenvalue weighted by Crippen LogP contribution is -2.17. The van der Waals surface area contributed by atoms with Crippen LogP contribution in [0.2, 0.25) is 0 Å². The molecular weight excluding hydrogens is 255 g/mol. The van der Waals surface area contributed by atoms with Crippen molar-refractivity contribution in [1.29, 1.82) is 0 Å². The molecule has 0 N–H and O–H groups in total. The first-order chi connectivity index (χ1) is 9.83. The molecule has 0 bridgehead atoms. The minimum atomic E-state index is -0.302. The molecule has 1 aromatic heterocycles. The molecule has 0 unspecified atom stereocenters. The van der Waals surface area contributed by atoms with Gasteiger partial charge in [0, 0.05) is 37.2 Å². The number of hydrogen-bond acceptors (Lipinski definition) is 3. The molecule has 1 fully saturated rings. The number of rotatable bonds is 4. The Morgan fingerprint density at radius 1 is 1.10 bits per heavy atom. The van der Waals surface area contributed by atoms with Crippen LogP contribution in [0.4, 0.5) is 10.1 Å². The van der Waals surface area contributed by atoms with E-state index in [0.29, 0.717) is 12.4 Å². The highest BCUT2D eigenvalue weighted by Crippen LogP contribution is 2.26. The van der Waals surface area contributed by atoms with E-state index in [2.05, 4.69) is 9.88 Å². The summed E-state index contributed by atoms with van der Waals surface area (Å²) in [5.74, 6) is -0.00628. The molecule has 1 aromatic carbocycles. The molecule has 2 heterocycles. The molecule has 3 rings (SSSR count). The van der Waals surface area contributed by atoms with Gasteiger partial charge in [-0.25, -0.2) is 4.39 Å². The van der Waals surface area contributed by atoms with Crippen molar-refractivity contribution in [2.24, 2.45) is 0 Å². The number of ether oxygens (including phenoxy) is 1. The Hall–Kier alpha value is -2.10. The lowest BCUT2D eigenvalue weighted by molar-refractivity contribution is 0.290. The largest absolute Gasteiger partial charge is 0.486 e. The van der Waals surface area contributed by atoms with Crippen LogP contribution >= 0.6 is 0 Å². The lowest BCUT2D eigenvalue weighted by atomic mass is 10.2. The van der Waals surface area contributed by atoms with Gasteiger partial charge in [-0.05, 0) is 42.7 Å². The Bertz CT molecular complexity index is 568. The van der Waals surface area contributed by atoms with Crippen molar-refractivity contribution in [2.75, 3.05) is 18.0 Å². The van der Waals surface area contributed by atoms with Gasteiger partial charge in [-0.2, -0.15) is 0 Å². The maximum atomic E-state index is 14.0. The molecule has 104 valence electrons. The fraction of sp³-hybridized carbons (Fsp3) is 0.312. The molecule has 0 saturated carbocycles. The van der Waals surface area contributed by atoms with Crippen LogP contribution in [0.25, 0.3) is 0 Å². The third kappa shape index (κ3) is 2.90. The summed E-state index contributed by atoms with van der Waals surface area (Å²) >= 11 is 0. The second-order valence-electron chi connectivity index (χ2n) is 4.95. The van der Waals surface area contributed by atoms with Crippen molar-refractivity contribution in [3.05, 3.63) is 54.1 Å². The Morgan fingerprint density at radius 2 is 1.85 bits per heavy atom. The molecule has 0 atom stereocenters. The summed E-state index contributed by atoms with van der Waals surface area (Å²) in [5, 5.41) is 0. The highest BCUT2D eigenvalue weighted by atomic mass is 19.1. The summed E-state index contributed by atoms with van der Waals surface area (Å²) in [6.07, 6.45) is 5.76. The van der Waals surface area contributed by atoms with Gasteiger partial charge < -0.3 is 9.64 Å². The number of aromatic nitrogens is 1. The fourth-order valence-corrected chi connectivity index (χ4v) is 2.42. The minimum Gasteiger partial charge on any atom is -0.486 e. The first-order valence-electron chi connectivity index (χ1n) is 6.89. The number of pyridine rings is 1. The molecule has 0 aliphatic carbocycles. The second-order valence-corrected chi connectivity index (χ2v) is 4.95. The zero-order valence-electron chi connectivity index (χ0n) is 11.3. The topological polar surface area (TPSA) is 25.4 Å². The summed E-state index contributed by atoms with van der Waals surface area (Å²) in [4.78, 5) is 6.14. The van der Waals surface area contributed by atoms with E-state index in [4.69, 9.17) is 4.74 Å². The number of anilines is 1. The summed E-state index contributed by atoms with van der Waals surface area (Å²) in [7, 11) is 0. The summed E-state index contributed by atoms with van der Waals surface area (Å²) in [5.41, 5.74) is 1.92. The van der Waals surface area contributed by atoms with E-state index >= 15 is 0 Å². The molecule has 0 radical (unpaired) electrons. The van der Waals surface area contributed by atoms with Crippen LogP contribution in [0.15, 0.2) is 42.7 Å². The number of halogens is 1. The Balaban J connectivity index is 1.68. The molecule has 1 saturated heterocycles. The van der Waals surface area contributed by atoms with Gasteiger partial charge in [0.05, 0.1) is 0 Å². The smallest absolute Gasteiger partial charge is 0.167 e. The van der Waals surface area contributed by atoms with E-state index in [9.17, 15) is 4.39 Å². The summed E-state index contributed by atoms with van der Waals surface area (Å²) < 4.78 is 19.6. The third-order valence-electron chi connectivity index (χ3n) is 3.53. The van der Waals surface area contributed by atoms with E-state index in [1.54, 1.807) is 24.5 Å². The van der Waals surface area contributed by atoms with Crippen LogP contribution in [0.3, 0.4) is 0 Å². The maximum absolute atomic E-state index is 14.0. The molecule has 3 nitrogen and oxygen atoms in total. The van der Waals surface area contributed by atoms with Crippen molar-refractivity contribution in [3.63, 3.8) is 0 Å². The van der Waals surface area contributed by atoms with Gasteiger partial charge in [-0.3, -0.25) is 4.98 Å². The minimum absolute atomic E-state index is 0.296. The van der Waals surface area contributed by atoms with E-state index in [1.165, 1.54) is 12.8 Å². The highest BCUT2D eigenvalue weighted by molar-refractivity contribution is 5.50. The third-order valence-corrected chi connectivity index (χ3v) is 3.53. The van der Waals surface area contributed by atoms with Crippen molar-refractivity contribution >= 4 is 5.69 Å². The van der Waals surface area contributed by atoms with Crippen LogP contribution in [0.5, 0.6) is 5.75 Å². The van der Waals surface area contributed by atoms with Crippen LogP contribution in [-0.4, -0.2) is 18.1 Å². The molecule has 1 aliphatic rings. The van der Waals surface area contributed by atoms with Crippen molar-refractivity contribution < 1.29 is 9.13 Å². The van der Waals surface area contributed by atoms with Crippen LogP contribution in [-0.2, 0) is 6.61 Å². The van der Waals surface area contributed by atoms with Crippen molar-refractivity contribution in [3.8, 4) is 5.75 Å². The zero-order valence-corrected chi connectivity index (χ0v) is 11.3. The lowest BCUT2D eigenvalue weighted by Gasteiger charge is -2.18. The van der Waals surface area contributed by atoms with Crippen molar-refractivity contribution in [2.45, 2.75) is 19.4 Å². The fourth-order valence-electron chi connectivity index (χ4n) is 2.42. The van der Waals surface area contributed by atoms with Gasteiger partial charge in [0.2, 0.25) is 0 Å². The SMILES string of the molecule is Fc1cc(N2CCCC2)ccc1OCc1ccncc1. The molecule has 0 spiro atoms. The van der Waals surface area contributed by atoms with Crippen LogP contribution in [0.1, 0.15) is 18.4 Å². The predicted molar refractivity (Wildman–Crippen MR) is 76.4 cm³/mol. The van der Waals surface area contributed by atoms with E-state index in [1.807, 2.05) is 18.2 Å². The first-order valence-corrected chi connectivity index (χ1v) is 6.89. The van der Waals surface area contributed by atoms with E-state index in [0.717, 1.165) is 24.3 Å². The predicted octanol–water partition coefficient (Wildman–Crippen LogP) is 3.40. The molecule has 20 heavy (non-hydrogen) atoms. The van der Waals surface area contributed by atoms with Gasteiger partial charge in [-0.1, -0.05) is 0 Å². The van der Waals surface area contributed by atoms with Crippen LogP contribution in [0, 0.1) is 5.82 Å². The Morgan fingerprint density at radius 3 is 2.55 bits per heavy atom. The zero-order chi connectivity index (χ0) is 13.8. The van der Waals surface area contributed by atoms with E-state index < -0.39 is 0 Å². The molecule has 1 aliphatic heterocycles. The number of hydrogen-bond donors (Lipinski definition) is 0. The highest BCUT2D eigenvalue weighted by Gasteiger charge is 2.14. The molecule has 2 aromatic rings.